The van der Waals surface area contributed by atoms with Gasteiger partial charge in [-0.3, -0.25) is 0 Å². The fourth-order valence-corrected chi connectivity index (χ4v) is 2.12. The maximum absolute atomic E-state index is 9.13. The van der Waals surface area contributed by atoms with Gasteiger partial charge in [0.15, 0.2) is 0 Å². The topological polar surface area (TPSA) is 46.2 Å². The van der Waals surface area contributed by atoms with Crippen molar-refractivity contribution in [1.29, 1.82) is 0 Å². The molecular weight excluding hydrogens is 194 g/mol. The molecule has 1 unspecified atom stereocenters. The Morgan fingerprint density at radius 1 is 1.75 bits per heavy atom. The van der Waals surface area contributed by atoms with Crippen molar-refractivity contribution in [2.75, 3.05) is 13.2 Å². The molecule has 1 atom stereocenters. The lowest BCUT2D eigenvalue weighted by Gasteiger charge is -2.23. The molecule has 0 fully saturated rings. The smallest absolute Gasteiger partial charge is 0.0545 e. The van der Waals surface area contributed by atoms with Gasteiger partial charge in [-0.05, 0) is 6.07 Å². The number of hydrogen-bond donors (Lipinski definition) is 2. The Balaban J connectivity index is 2.94. The van der Waals surface area contributed by atoms with E-state index in [2.05, 4.69) is 0 Å². The summed E-state index contributed by atoms with van der Waals surface area (Å²) in [6.07, 6.45) is 0. The third-order valence-electron chi connectivity index (χ3n) is 1.96. The Bertz CT molecular complexity index is 257. The summed E-state index contributed by atoms with van der Waals surface area (Å²) in [5.41, 5.74) is 5.23. The molecule has 12 heavy (non-hydrogen) atoms. The van der Waals surface area contributed by atoms with Crippen LogP contribution < -0.4 is 5.73 Å². The molecule has 3 N–H and O–H groups in total. The van der Waals surface area contributed by atoms with Crippen molar-refractivity contribution < 1.29 is 5.11 Å². The molecule has 0 aliphatic carbocycles. The van der Waals surface area contributed by atoms with Crippen molar-refractivity contribution in [3.05, 3.63) is 21.3 Å². The highest BCUT2D eigenvalue weighted by molar-refractivity contribution is 7.10. The van der Waals surface area contributed by atoms with Crippen molar-refractivity contribution in [3.63, 3.8) is 0 Å². The predicted molar refractivity (Wildman–Crippen MR) is 52.8 cm³/mol. The van der Waals surface area contributed by atoms with E-state index >= 15 is 0 Å². The molecule has 0 aliphatic heterocycles. The Morgan fingerprint density at radius 2 is 2.42 bits per heavy atom. The first kappa shape index (κ1) is 9.99. The average molecular weight is 206 g/mol. The monoisotopic (exact) mass is 205 g/mol. The lowest BCUT2D eigenvalue weighted by molar-refractivity contribution is 0.213. The lowest BCUT2D eigenvalue weighted by Crippen LogP contribution is -2.34. The highest BCUT2D eigenvalue weighted by Gasteiger charge is 2.25. The summed E-state index contributed by atoms with van der Waals surface area (Å²) in [5, 5.41) is 11.7. The van der Waals surface area contributed by atoms with Crippen LogP contribution >= 0.6 is 22.9 Å². The minimum Gasteiger partial charge on any atom is -0.395 e. The molecule has 4 heteroatoms. The molecule has 1 aromatic heterocycles. The molecule has 0 radical (unpaired) electrons. The van der Waals surface area contributed by atoms with Crippen molar-refractivity contribution in [3.8, 4) is 0 Å². The first-order valence-corrected chi connectivity index (χ1v) is 4.93. The van der Waals surface area contributed by atoms with Crippen LogP contribution in [0.15, 0.2) is 11.4 Å². The Hall–Kier alpha value is -0.0900. The summed E-state index contributed by atoms with van der Waals surface area (Å²) < 4.78 is 0. The minimum atomic E-state index is -0.336. The second-order valence-corrected chi connectivity index (χ2v) is 4.40. The lowest BCUT2D eigenvalue weighted by atomic mass is 9.90. The summed E-state index contributed by atoms with van der Waals surface area (Å²) in [5.74, 6) is 0. The third kappa shape index (κ3) is 1.80. The molecule has 0 saturated carbocycles. The fourth-order valence-electron chi connectivity index (χ4n) is 0.873. The van der Waals surface area contributed by atoms with Crippen LogP contribution in [-0.2, 0) is 5.41 Å². The quantitative estimate of drug-likeness (QED) is 0.788. The zero-order chi connectivity index (χ0) is 9.19. The Morgan fingerprint density at radius 3 is 2.75 bits per heavy atom. The number of rotatable bonds is 3. The van der Waals surface area contributed by atoms with Crippen molar-refractivity contribution >= 4 is 22.9 Å². The predicted octanol–water partition coefficient (Wildman–Crippen LogP) is 1.61. The van der Waals surface area contributed by atoms with Crippen LogP contribution in [0.1, 0.15) is 11.8 Å². The van der Waals surface area contributed by atoms with Gasteiger partial charge in [-0.25, -0.2) is 0 Å². The van der Waals surface area contributed by atoms with Gasteiger partial charge in [-0.1, -0.05) is 18.5 Å². The molecule has 2 nitrogen and oxygen atoms in total. The number of aliphatic hydroxyl groups excluding tert-OH is 1. The SMILES string of the molecule is CC(CN)(CO)c1cc(Cl)cs1. The van der Waals surface area contributed by atoms with Crippen LogP contribution in [0.3, 0.4) is 0 Å². The van der Waals surface area contributed by atoms with E-state index in [9.17, 15) is 0 Å². The molecular formula is C8H12ClNOS. The minimum absolute atomic E-state index is 0.0559. The number of nitrogens with two attached hydrogens (primary N) is 1. The molecule has 1 rings (SSSR count). The van der Waals surface area contributed by atoms with E-state index in [4.69, 9.17) is 22.4 Å². The second kappa shape index (κ2) is 3.75. The number of thiophene rings is 1. The van der Waals surface area contributed by atoms with Gasteiger partial charge in [0, 0.05) is 22.2 Å². The van der Waals surface area contributed by atoms with Gasteiger partial charge < -0.3 is 10.8 Å². The molecule has 0 spiro atoms. The summed E-state index contributed by atoms with van der Waals surface area (Å²) in [4.78, 5) is 1.04. The summed E-state index contributed by atoms with van der Waals surface area (Å²) in [7, 11) is 0. The molecule has 1 aromatic rings. The number of halogens is 1. The van der Waals surface area contributed by atoms with E-state index in [0.717, 1.165) is 4.88 Å². The maximum Gasteiger partial charge on any atom is 0.0545 e. The second-order valence-electron chi connectivity index (χ2n) is 3.05. The highest BCUT2D eigenvalue weighted by Crippen LogP contribution is 2.30. The molecule has 0 bridgehead atoms. The van der Waals surface area contributed by atoms with Crippen LogP contribution in [0.2, 0.25) is 5.02 Å². The fraction of sp³-hybridized carbons (Fsp3) is 0.500. The standard InChI is InChI=1S/C8H12ClNOS/c1-8(4-10,5-11)7-2-6(9)3-12-7/h2-3,11H,4-5,10H2,1H3. The van der Waals surface area contributed by atoms with Crippen LogP contribution in [0.5, 0.6) is 0 Å². The molecule has 0 saturated heterocycles. The van der Waals surface area contributed by atoms with E-state index in [1.807, 2.05) is 18.4 Å². The molecule has 0 aliphatic rings. The zero-order valence-electron chi connectivity index (χ0n) is 6.88. The summed E-state index contributed by atoms with van der Waals surface area (Å²) in [6, 6.07) is 1.86. The molecule has 0 amide bonds. The highest BCUT2D eigenvalue weighted by atomic mass is 35.5. The molecule has 1 heterocycles. The summed E-state index contributed by atoms with van der Waals surface area (Å²) in [6.45, 7) is 2.41. The Kier molecular flexibility index (Phi) is 3.12. The van der Waals surface area contributed by atoms with E-state index in [1.54, 1.807) is 0 Å². The number of aliphatic hydroxyl groups is 1. The van der Waals surface area contributed by atoms with Crippen molar-refractivity contribution in [2.45, 2.75) is 12.3 Å². The van der Waals surface area contributed by atoms with E-state index in [1.165, 1.54) is 11.3 Å². The number of hydrogen-bond acceptors (Lipinski definition) is 3. The van der Waals surface area contributed by atoms with Crippen LogP contribution in [0, 0.1) is 0 Å². The van der Waals surface area contributed by atoms with Gasteiger partial charge in [-0.2, -0.15) is 0 Å². The first-order valence-electron chi connectivity index (χ1n) is 3.68. The van der Waals surface area contributed by atoms with Gasteiger partial charge in [-0.15, -0.1) is 11.3 Å². The van der Waals surface area contributed by atoms with Gasteiger partial charge >= 0.3 is 0 Å². The van der Waals surface area contributed by atoms with E-state index in [-0.39, 0.29) is 12.0 Å². The normalized spacial score (nSPS) is 16.0. The van der Waals surface area contributed by atoms with E-state index < -0.39 is 0 Å². The van der Waals surface area contributed by atoms with Crippen molar-refractivity contribution in [1.82, 2.24) is 0 Å². The Labute approximate surface area is 81.0 Å². The van der Waals surface area contributed by atoms with Crippen molar-refractivity contribution in [2.24, 2.45) is 5.73 Å². The van der Waals surface area contributed by atoms with Gasteiger partial charge in [0.05, 0.1) is 11.6 Å². The average Bonchev–Trinajstić information content (AvgIpc) is 2.51. The largest absolute Gasteiger partial charge is 0.395 e. The summed E-state index contributed by atoms with van der Waals surface area (Å²) >= 11 is 7.30. The van der Waals surface area contributed by atoms with Crippen LogP contribution in [0.25, 0.3) is 0 Å². The van der Waals surface area contributed by atoms with Gasteiger partial charge in [0.1, 0.15) is 0 Å². The van der Waals surface area contributed by atoms with Gasteiger partial charge in [0.2, 0.25) is 0 Å². The van der Waals surface area contributed by atoms with Gasteiger partial charge in [0.25, 0.3) is 0 Å². The first-order chi connectivity index (χ1) is 5.62. The maximum atomic E-state index is 9.13. The van der Waals surface area contributed by atoms with Crippen LogP contribution in [-0.4, -0.2) is 18.3 Å². The van der Waals surface area contributed by atoms with E-state index in [0.29, 0.717) is 11.6 Å². The van der Waals surface area contributed by atoms with Crippen LogP contribution in [0.4, 0.5) is 0 Å². The molecule has 68 valence electrons. The zero-order valence-corrected chi connectivity index (χ0v) is 8.45. The third-order valence-corrected chi connectivity index (χ3v) is 3.55. The molecule has 0 aromatic carbocycles.